The minimum Gasteiger partial charge on any atom is -0.357 e. The molecule has 0 aliphatic carbocycles. The number of hydrogen-bond donors (Lipinski definition) is 2. The van der Waals surface area contributed by atoms with E-state index in [9.17, 15) is 8.42 Å². The molecule has 0 bridgehead atoms. The van der Waals surface area contributed by atoms with Crippen molar-refractivity contribution in [2.24, 2.45) is 10.9 Å². The lowest BCUT2D eigenvalue weighted by Gasteiger charge is -2.21. The molecule has 2 rings (SSSR count). The van der Waals surface area contributed by atoms with E-state index in [2.05, 4.69) is 52.8 Å². The van der Waals surface area contributed by atoms with Crippen LogP contribution in [0.4, 0.5) is 0 Å². The molecule has 1 saturated heterocycles. The summed E-state index contributed by atoms with van der Waals surface area (Å²) in [4.78, 5) is 7.31. The first-order valence-electron chi connectivity index (χ1n) is 10.3. The number of likely N-dealkylation sites (tertiary alicyclic amines) is 1. The van der Waals surface area contributed by atoms with Crippen LogP contribution in [0.5, 0.6) is 0 Å². The van der Waals surface area contributed by atoms with Gasteiger partial charge in [0.1, 0.15) is 9.84 Å². The predicted octanol–water partition coefficient (Wildman–Crippen LogP) is 2.28. The summed E-state index contributed by atoms with van der Waals surface area (Å²) in [7, 11) is -2.94. The van der Waals surface area contributed by atoms with Crippen LogP contribution < -0.4 is 10.6 Å². The summed E-state index contributed by atoms with van der Waals surface area (Å²) in [5.74, 6) is 1.51. The number of hydrogen-bond acceptors (Lipinski definition) is 4. The first kappa shape index (κ1) is 22.7. The van der Waals surface area contributed by atoms with Crippen molar-refractivity contribution in [3.05, 3.63) is 35.9 Å². The molecule has 158 valence electrons. The normalized spacial score (nSPS) is 22.2. The van der Waals surface area contributed by atoms with Crippen LogP contribution in [0.25, 0.3) is 0 Å². The highest BCUT2D eigenvalue weighted by atomic mass is 32.2. The average molecular weight is 409 g/mol. The van der Waals surface area contributed by atoms with Gasteiger partial charge in [-0.3, -0.25) is 9.89 Å². The van der Waals surface area contributed by atoms with Gasteiger partial charge < -0.3 is 10.6 Å². The van der Waals surface area contributed by atoms with Crippen molar-refractivity contribution in [3.63, 3.8) is 0 Å². The molecule has 1 aliphatic rings. The molecule has 7 heteroatoms. The van der Waals surface area contributed by atoms with E-state index in [1.165, 1.54) is 11.8 Å². The van der Waals surface area contributed by atoms with Gasteiger partial charge in [-0.2, -0.15) is 0 Å². The van der Waals surface area contributed by atoms with Gasteiger partial charge in [-0.1, -0.05) is 30.3 Å². The zero-order valence-corrected chi connectivity index (χ0v) is 18.5. The van der Waals surface area contributed by atoms with Gasteiger partial charge in [-0.15, -0.1) is 0 Å². The molecule has 0 spiro atoms. The maximum atomic E-state index is 11.4. The summed E-state index contributed by atoms with van der Waals surface area (Å²) < 4.78 is 22.7. The molecule has 1 aliphatic heterocycles. The molecule has 28 heavy (non-hydrogen) atoms. The van der Waals surface area contributed by atoms with E-state index >= 15 is 0 Å². The third kappa shape index (κ3) is 8.19. The van der Waals surface area contributed by atoms with E-state index in [1.54, 1.807) is 0 Å². The Bertz CT molecular complexity index is 721. The highest BCUT2D eigenvalue weighted by Gasteiger charge is 2.28. The van der Waals surface area contributed by atoms with Crippen molar-refractivity contribution in [2.75, 3.05) is 31.6 Å². The van der Waals surface area contributed by atoms with Crippen molar-refractivity contribution >= 4 is 15.8 Å². The lowest BCUT2D eigenvalue weighted by atomic mass is 10.1. The smallest absolute Gasteiger partial charge is 0.191 e. The van der Waals surface area contributed by atoms with Crippen LogP contribution in [0.3, 0.4) is 0 Å². The van der Waals surface area contributed by atoms with Crippen LogP contribution >= 0.6 is 0 Å². The monoisotopic (exact) mass is 408 g/mol. The Morgan fingerprint density at radius 2 is 2.04 bits per heavy atom. The molecule has 1 aromatic rings. The lowest BCUT2D eigenvalue weighted by molar-refractivity contribution is 0.256. The second-order valence-electron chi connectivity index (χ2n) is 8.05. The van der Waals surface area contributed by atoms with E-state index in [0.717, 1.165) is 38.6 Å². The van der Waals surface area contributed by atoms with Gasteiger partial charge in [0.15, 0.2) is 5.96 Å². The molecule has 0 saturated carbocycles. The molecule has 0 radical (unpaired) electrons. The quantitative estimate of drug-likeness (QED) is 0.484. The summed E-state index contributed by atoms with van der Waals surface area (Å²) in [6.07, 6.45) is 3.01. The largest absolute Gasteiger partial charge is 0.357 e. The Balaban J connectivity index is 1.86. The van der Waals surface area contributed by atoms with Crippen LogP contribution in [0, 0.1) is 5.92 Å². The number of aliphatic imine (C=N–C) groups is 1. The average Bonchev–Trinajstić information content (AvgIpc) is 2.98. The van der Waals surface area contributed by atoms with Gasteiger partial charge in [-0.05, 0) is 45.1 Å². The topological polar surface area (TPSA) is 73.8 Å². The first-order valence-corrected chi connectivity index (χ1v) is 12.3. The van der Waals surface area contributed by atoms with Crippen LogP contribution in [-0.2, 0) is 16.4 Å². The zero-order valence-electron chi connectivity index (χ0n) is 17.7. The highest BCUT2D eigenvalue weighted by Crippen LogP contribution is 2.25. The maximum absolute atomic E-state index is 11.4. The summed E-state index contributed by atoms with van der Waals surface area (Å²) in [6.45, 7) is 9.94. The number of guanidine groups is 1. The van der Waals surface area contributed by atoms with Gasteiger partial charge in [0.05, 0.1) is 5.75 Å². The molecule has 0 amide bonds. The van der Waals surface area contributed by atoms with Crippen LogP contribution in [0.1, 0.15) is 39.2 Å². The fourth-order valence-corrected chi connectivity index (χ4v) is 4.41. The van der Waals surface area contributed by atoms with Gasteiger partial charge >= 0.3 is 0 Å². The van der Waals surface area contributed by atoms with E-state index < -0.39 is 9.84 Å². The number of nitrogens with zero attached hydrogens (tertiary/aromatic N) is 2. The van der Waals surface area contributed by atoms with Crippen LogP contribution in [-0.4, -0.2) is 63.0 Å². The molecule has 1 fully saturated rings. The Morgan fingerprint density at radius 3 is 2.68 bits per heavy atom. The molecule has 1 heterocycles. The second-order valence-corrected chi connectivity index (χ2v) is 10.3. The summed E-state index contributed by atoms with van der Waals surface area (Å²) in [5.41, 5.74) is 1.35. The Hall–Kier alpha value is -1.60. The number of benzene rings is 1. The SMILES string of the molecule is CCNC(=NCC1CC(C)N(Cc2ccccc2)C1)NC(C)CCS(C)(=O)=O. The van der Waals surface area contributed by atoms with Crippen molar-refractivity contribution in [1.29, 1.82) is 0 Å². The number of nitrogens with one attached hydrogen (secondary N) is 2. The molecule has 6 nitrogen and oxygen atoms in total. The second kappa shape index (κ2) is 10.8. The predicted molar refractivity (Wildman–Crippen MR) is 117 cm³/mol. The summed E-state index contributed by atoms with van der Waals surface area (Å²) >= 11 is 0. The molecule has 3 unspecified atom stereocenters. The van der Waals surface area contributed by atoms with Crippen LogP contribution in [0.2, 0.25) is 0 Å². The van der Waals surface area contributed by atoms with E-state index in [-0.39, 0.29) is 11.8 Å². The van der Waals surface area contributed by atoms with Gasteiger partial charge in [0.25, 0.3) is 0 Å². The Morgan fingerprint density at radius 1 is 1.32 bits per heavy atom. The number of sulfone groups is 1. The lowest BCUT2D eigenvalue weighted by Crippen LogP contribution is -2.43. The van der Waals surface area contributed by atoms with E-state index in [4.69, 9.17) is 4.99 Å². The molecule has 2 N–H and O–H groups in total. The molecular formula is C21H36N4O2S. The maximum Gasteiger partial charge on any atom is 0.191 e. The van der Waals surface area contributed by atoms with E-state index in [0.29, 0.717) is 18.4 Å². The van der Waals surface area contributed by atoms with Crippen molar-refractivity contribution < 1.29 is 8.42 Å². The molecule has 0 aromatic heterocycles. The van der Waals surface area contributed by atoms with Gasteiger partial charge in [-0.25, -0.2) is 8.42 Å². The van der Waals surface area contributed by atoms with Crippen molar-refractivity contribution in [3.8, 4) is 0 Å². The van der Waals surface area contributed by atoms with E-state index in [1.807, 2.05) is 13.8 Å². The van der Waals surface area contributed by atoms with Gasteiger partial charge in [0, 0.05) is 44.5 Å². The first-order chi connectivity index (χ1) is 13.3. The fraction of sp³-hybridized carbons (Fsp3) is 0.667. The minimum atomic E-state index is -2.94. The number of rotatable bonds is 9. The molecular weight excluding hydrogens is 372 g/mol. The third-order valence-electron chi connectivity index (χ3n) is 5.18. The summed E-state index contributed by atoms with van der Waals surface area (Å²) in [6, 6.07) is 11.2. The fourth-order valence-electron chi connectivity index (χ4n) is 3.63. The molecule has 1 aromatic carbocycles. The molecule has 3 atom stereocenters. The van der Waals surface area contributed by atoms with Crippen molar-refractivity contribution in [1.82, 2.24) is 15.5 Å². The van der Waals surface area contributed by atoms with Crippen LogP contribution in [0.15, 0.2) is 35.3 Å². The zero-order chi connectivity index (χ0) is 20.6. The van der Waals surface area contributed by atoms with Crippen molar-refractivity contribution in [2.45, 2.75) is 52.2 Å². The van der Waals surface area contributed by atoms with Gasteiger partial charge in [0.2, 0.25) is 0 Å². The minimum absolute atomic E-state index is 0.0598. The Labute approximate surface area is 170 Å². The third-order valence-corrected chi connectivity index (χ3v) is 6.15. The standard InChI is InChI=1S/C21H36N4O2S/c1-5-22-21(24-17(2)11-12-28(4,26)27)23-14-20-13-18(3)25(16-20)15-19-9-7-6-8-10-19/h6-10,17-18,20H,5,11-16H2,1-4H3,(H2,22,23,24). The summed E-state index contributed by atoms with van der Waals surface area (Å²) in [5, 5.41) is 6.61. The highest BCUT2D eigenvalue weighted by molar-refractivity contribution is 7.90. The Kier molecular flexibility index (Phi) is 8.76.